The van der Waals surface area contributed by atoms with Gasteiger partial charge in [-0.15, -0.1) is 0 Å². The van der Waals surface area contributed by atoms with Crippen molar-refractivity contribution in [3.05, 3.63) is 29.8 Å². The molecule has 0 bridgehead atoms. The van der Waals surface area contributed by atoms with E-state index in [1.165, 1.54) is 0 Å². The summed E-state index contributed by atoms with van der Waals surface area (Å²) in [5, 5.41) is 8.76. The Morgan fingerprint density at radius 3 is 2.91 bits per heavy atom. The van der Waals surface area contributed by atoms with Gasteiger partial charge in [-0.05, 0) is 38.3 Å². The number of methoxy groups -OCH3 is 1. The Labute approximate surface area is 138 Å². The number of unbranched alkanes of at least 4 members (excludes halogenated alkanes) is 1. The van der Waals surface area contributed by atoms with E-state index in [1.54, 1.807) is 7.11 Å². The van der Waals surface area contributed by atoms with Crippen LogP contribution in [0.2, 0.25) is 0 Å². The highest BCUT2D eigenvalue weighted by Crippen LogP contribution is 2.21. The SMILES string of the molecule is COc1ccccc1CN(CCCCC(=O)O)CC1CCCO1. The van der Waals surface area contributed by atoms with Crippen molar-refractivity contribution in [1.82, 2.24) is 4.90 Å². The standard InChI is InChI=1S/C18H27NO4/c1-22-17-9-3-2-7-15(17)13-19(11-5-4-10-18(20)21)14-16-8-6-12-23-16/h2-3,7,9,16H,4-6,8,10-14H2,1H3,(H,20,21). The first kappa shape index (κ1) is 17.8. The largest absolute Gasteiger partial charge is 0.496 e. The topological polar surface area (TPSA) is 59.0 Å². The molecule has 0 saturated carbocycles. The van der Waals surface area contributed by atoms with Crippen molar-refractivity contribution in [3.63, 3.8) is 0 Å². The predicted octanol–water partition coefficient (Wildman–Crippen LogP) is 2.93. The Morgan fingerprint density at radius 2 is 2.22 bits per heavy atom. The summed E-state index contributed by atoms with van der Waals surface area (Å²) >= 11 is 0. The lowest BCUT2D eigenvalue weighted by Crippen LogP contribution is -2.32. The Morgan fingerprint density at radius 1 is 1.39 bits per heavy atom. The predicted molar refractivity (Wildman–Crippen MR) is 88.7 cm³/mol. The van der Waals surface area contributed by atoms with Crippen LogP contribution in [0.1, 0.15) is 37.7 Å². The van der Waals surface area contributed by atoms with Gasteiger partial charge in [0.1, 0.15) is 5.75 Å². The smallest absolute Gasteiger partial charge is 0.303 e. The van der Waals surface area contributed by atoms with Gasteiger partial charge in [0.05, 0.1) is 13.2 Å². The van der Waals surface area contributed by atoms with Crippen molar-refractivity contribution in [3.8, 4) is 5.75 Å². The average molecular weight is 321 g/mol. The Bertz CT molecular complexity index is 486. The molecule has 0 aromatic heterocycles. The normalized spacial score (nSPS) is 17.6. The molecule has 2 rings (SSSR count). The maximum Gasteiger partial charge on any atom is 0.303 e. The monoisotopic (exact) mass is 321 g/mol. The fraction of sp³-hybridized carbons (Fsp3) is 0.611. The van der Waals surface area contributed by atoms with Gasteiger partial charge >= 0.3 is 5.97 Å². The van der Waals surface area contributed by atoms with Gasteiger partial charge in [-0.1, -0.05) is 18.2 Å². The van der Waals surface area contributed by atoms with E-state index < -0.39 is 5.97 Å². The molecule has 0 spiro atoms. The second kappa shape index (κ2) is 9.53. The molecule has 1 saturated heterocycles. The van der Waals surface area contributed by atoms with E-state index in [0.717, 1.165) is 56.8 Å². The molecule has 0 amide bonds. The van der Waals surface area contributed by atoms with Crippen LogP contribution in [0, 0.1) is 0 Å². The number of benzene rings is 1. The van der Waals surface area contributed by atoms with E-state index in [-0.39, 0.29) is 6.42 Å². The van der Waals surface area contributed by atoms with Crippen LogP contribution < -0.4 is 4.74 Å². The lowest BCUT2D eigenvalue weighted by Gasteiger charge is -2.26. The zero-order valence-corrected chi connectivity index (χ0v) is 13.9. The van der Waals surface area contributed by atoms with E-state index in [1.807, 2.05) is 18.2 Å². The number of hydrogen-bond donors (Lipinski definition) is 1. The summed E-state index contributed by atoms with van der Waals surface area (Å²) in [5.74, 6) is 0.177. The fourth-order valence-electron chi connectivity index (χ4n) is 3.00. The van der Waals surface area contributed by atoms with E-state index in [9.17, 15) is 4.79 Å². The quantitative estimate of drug-likeness (QED) is 0.672. The number of ether oxygens (including phenoxy) is 2. The van der Waals surface area contributed by atoms with Crippen molar-refractivity contribution >= 4 is 5.97 Å². The molecule has 0 aliphatic carbocycles. The summed E-state index contributed by atoms with van der Waals surface area (Å²) in [4.78, 5) is 13.0. The van der Waals surface area contributed by atoms with Crippen molar-refractivity contribution in [2.75, 3.05) is 26.8 Å². The van der Waals surface area contributed by atoms with Crippen molar-refractivity contribution in [2.45, 2.75) is 44.8 Å². The molecule has 1 aromatic rings. The second-order valence-electron chi connectivity index (χ2n) is 6.03. The molecule has 1 heterocycles. The molecule has 1 aliphatic heterocycles. The molecule has 1 atom stereocenters. The molecule has 1 aromatic carbocycles. The Hall–Kier alpha value is -1.59. The Kier molecular flexibility index (Phi) is 7.36. The van der Waals surface area contributed by atoms with Crippen LogP contribution in [0.25, 0.3) is 0 Å². The molecule has 23 heavy (non-hydrogen) atoms. The number of hydrogen-bond acceptors (Lipinski definition) is 4. The van der Waals surface area contributed by atoms with Crippen LogP contribution >= 0.6 is 0 Å². The number of aliphatic carboxylic acids is 1. The highest BCUT2D eigenvalue weighted by Gasteiger charge is 2.20. The molecular weight excluding hydrogens is 294 g/mol. The summed E-state index contributed by atoms with van der Waals surface area (Å²) < 4.78 is 11.2. The summed E-state index contributed by atoms with van der Waals surface area (Å²) in [5.41, 5.74) is 1.16. The summed E-state index contributed by atoms with van der Waals surface area (Å²) in [6.45, 7) is 3.43. The van der Waals surface area contributed by atoms with Crippen LogP contribution in [-0.2, 0) is 16.1 Å². The van der Waals surface area contributed by atoms with Gasteiger partial charge in [-0.3, -0.25) is 9.69 Å². The number of rotatable bonds is 10. The van der Waals surface area contributed by atoms with Crippen LogP contribution in [0.5, 0.6) is 5.75 Å². The van der Waals surface area contributed by atoms with E-state index in [4.69, 9.17) is 14.6 Å². The minimum absolute atomic E-state index is 0.239. The van der Waals surface area contributed by atoms with Crippen LogP contribution in [-0.4, -0.2) is 48.9 Å². The summed E-state index contributed by atoms with van der Waals surface area (Å²) in [6, 6.07) is 8.05. The number of carboxylic acids is 1. The van der Waals surface area contributed by atoms with E-state index in [0.29, 0.717) is 12.5 Å². The summed E-state index contributed by atoms with van der Waals surface area (Å²) in [6.07, 6.45) is 4.37. The fourth-order valence-corrected chi connectivity index (χ4v) is 3.00. The minimum atomic E-state index is -0.722. The van der Waals surface area contributed by atoms with Gasteiger partial charge in [0.25, 0.3) is 0 Å². The third kappa shape index (κ3) is 6.20. The maximum absolute atomic E-state index is 10.6. The third-order valence-corrected chi connectivity index (χ3v) is 4.19. The Balaban J connectivity index is 1.92. The van der Waals surface area contributed by atoms with Crippen molar-refractivity contribution in [1.29, 1.82) is 0 Å². The van der Waals surface area contributed by atoms with Gasteiger partial charge in [-0.25, -0.2) is 0 Å². The molecular formula is C18H27NO4. The molecule has 5 nitrogen and oxygen atoms in total. The zero-order chi connectivity index (χ0) is 16.5. The van der Waals surface area contributed by atoms with Gasteiger partial charge in [-0.2, -0.15) is 0 Å². The first-order chi connectivity index (χ1) is 11.2. The third-order valence-electron chi connectivity index (χ3n) is 4.19. The first-order valence-electron chi connectivity index (χ1n) is 8.36. The first-order valence-corrected chi connectivity index (χ1v) is 8.36. The van der Waals surface area contributed by atoms with Gasteiger partial charge in [0.15, 0.2) is 0 Å². The van der Waals surface area contributed by atoms with Crippen LogP contribution in [0.4, 0.5) is 0 Å². The van der Waals surface area contributed by atoms with Gasteiger partial charge < -0.3 is 14.6 Å². The van der Waals surface area contributed by atoms with Crippen molar-refractivity contribution < 1.29 is 19.4 Å². The number of carbonyl (C=O) groups is 1. The highest BCUT2D eigenvalue weighted by molar-refractivity contribution is 5.66. The van der Waals surface area contributed by atoms with Crippen molar-refractivity contribution in [2.24, 2.45) is 0 Å². The van der Waals surface area contributed by atoms with Gasteiger partial charge in [0, 0.05) is 31.7 Å². The molecule has 0 radical (unpaired) electrons. The number of nitrogens with zero attached hydrogens (tertiary/aromatic N) is 1. The van der Waals surface area contributed by atoms with Crippen LogP contribution in [0.15, 0.2) is 24.3 Å². The lowest BCUT2D eigenvalue weighted by atomic mass is 10.1. The second-order valence-corrected chi connectivity index (χ2v) is 6.03. The lowest BCUT2D eigenvalue weighted by molar-refractivity contribution is -0.137. The maximum atomic E-state index is 10.6. The molecule has 128 valence electrons. The number of carboxylic acid groups (broad SMARTS) is 1. The minimum Gasteiger partial charge on any atom is -0.496 e. The molecule has 1 aliphatic rings. The van der Waals surface area contributed by atoms with Crippen LogP contribution in [0.3, 0.4) is 0 Å². The number of para-hydroxylation sites is 1. The molecule has 1 N–H and O–H groups in total. The molecule has 1 unspecified atom stereocenters. The highest BCUT2D eigenvalue weighted by atomic mass is 16.5. The summed E-state index contributed by atoms with van der Waals surface area (Å²) in [7, 11) is 1.69. The van der Waals surface area contributed by atoms with E-state index in [2.05, 4.69) is 11.0 Å². The molecule has 5 heteroatoms. The average Bonchev–Trinajstić information content (AvgIpc) is 3.04. The van der Waals surface area contributed by atoms with Gasteiger partial charge in [0.2, 0.25) is 0 Å². The van der Waals surface area contributed by atoms with E-state index >= 15 is 0 Å². The zero-order valence-electron chi connectivity index (χ0n) is 13.9. The molecule has 1 fully saturated rings.